The van der Waals surface area contributed by atoms with Crippen LogP contribution in [0.4, 0.5) is 0 Å². The van der Waals surface area contributed by atoms with Crippen LogP contribution in [0.25, 0.3) is 11.3 Å². The predicted octanol–water partition coefficient (Wildman–Crippen LogP) is 0.957. The SMILES string of the molecule is C.C.CSc1nccc(-c2cnoc2)n1.CSc1nccc(C(C#N)C=O)n1.[Na+].[OH-]. The zero-order valence-corrected chi connectivity index (χ0v) is 19.0. The van der Waals surface area contributed by atoms with Crippen molar-refractivity contribution in [3.8, 4) is 17.3 Å². The molecule has 0 saturated heterocycles. The molecule has 1 N–H and O–H groups in total. The standard InChI is InChI=1S/2C8H7N3OS.2CH4.Na.H2O/c1-13-8-9-3-2-7(11-8)6-4-10-12-5-6;1-13-8-10-3-2-7(11-8)6(4-9)5-12;;;;/h2-5H,1H3;2-3,5-6H,1H3;2*1H4;;1H2/q;;;;+1;/p-1. The first-order valence-electron chi connectivity index (χ1n) is 7.20. The molecule has 0 saturated carbocycles. The summed E-state index contributed by atoms with van der Waals surface area (Å²) in [4.78, 5) is 26.8. The van der Waals surface area contributed by atoms with Crippen molar-refractivity contribution in [2.24, 2.45) is 0 Å². The molecule has 12 heteroatoms. The zero-order valence-electron chi connectivity index (χ0n) is 15.4. The van der Waals surface area contributed by atoms with Gasteiger partial charge in [-0.3, -0.25) is 0 Å². The number of carbonyl (C=O) groups excluding carboxylic acids is 1. The summed E-state index contributed by atoms with van der Waals surface area (Å²) >= 11 is 2.88. The monoisotopic (exact) mass is 458 g/mol. The smallest absolute Gasteiger partial charge is 0.870 e. The molecule has 0 amide bonds. The van der Waals surface area contributed by atoms with Crippen molar-refractivity contribution in [3.05, 3.63) is 42.7 Å². The maximum Gasteiger partial charge on any atom is 1.00 e. The maximum absolute atomic E-state index is 10.4. The van der Waals surface area contributed by atoms with E-state index in [1.165, 1.54) is 23.5 Å². The van der Waals surface area contributed by atoms with Gasteiger partial charge in [0.05, 0.1) is 29.2 Å². The molecule has 3 aromatic heterocycles. The zero-order chi connectivity index (χ0) is 18.8. The number of rotatable bonds is 5. The molecule has 0 bridgehead atoms. The molecule has 3 heterocycles. The topological polar surface area (TPSA) is 148 Å². The number of nitriles is 1. The summed E-state index contributed by atoms with van der Waals surface area (Å²) < 4.78 is 4.73. The summed E-state index contributed by atoms with van der Waals surface area (Å²) in [6.07, 6.45) is 10.8. The van der Waals surface area contributed by atoms with E-state index in [1.807, 2.05) is 24.6 Å². The number of nitrogens with zero attached hydrogens (tertiary/aromatic N) is 6. The molecule has 0 fully saturated rings. The largest absolute Gasteiger partial charge is 1.00 e. The van der Waals surface area contributed by atoms with Gasteiger partial charge in [0.1, 0.15) is 18.5 Å². The number of hydrogen-bond donors (Lipinski definition) is 0. The Morgan fingerprint density at radius 3 is 2.20 bits per heavy atom. The van der Waals surface area contributed by atoms with Crippen LogP contribution in [-0.2, 0) is 4.79 Å². The average Bonchev–Trinajstić information content (AvgIpc) is 3.25. The van der Waals surface area contributed by atoms with Gasteiger partial charge in [-0.15, -0.1) is 0 Å². The summed E-state index contributed by atoms with van der Waals surface area (Å²) in [7, 11) is 0. The van der Waals surface area contributed by atoms with E-state index in [4.69, 9.17) is 9.78 Å². The summed E-state index contributed by atoms with van der Waals surface area (Å²) in [5.41, 5.74) is 2.16. The summed E-state index contributed by atoms with van der Waals surface area (Å²) in [5.74, 6) is -0.783. The second-order valence-corrected chi connectivity index (χ2v) is 6.10. The third-order valence-corrected chi connectivity index (χ3v) is 4.10. The van der Waals surface area contributed by atoms with E-state index in [-0.39, 0.29) is 49.9 Å². The Kier molecular flexibility index (Phi) is 19.7. The first kappa shape index (κ1) is 32.8. The van der Waals surface area contributed by atoms with Crippen LogP contribution in [0.1, 0.15) is 26.5 Å². The maximum atomic E-state index is 10.4. The second kappa shape index (κ2) is 18.0. The van der Waals surface area contributed by atoms with Gasteiger partial charge in [-0.05, 0) is 24.6 Å². The number of hydrogen-bond acceptors (Lipinski definition) is 11. The molecule has 30 heavy (non-hydrogen) atoms. The van der Waals surface area contributed by atoms with Gasteiger partial charge >= 0.3 is 29.6 Å². The molecular weight excluding hydrogens is 435 g/mol. The third kappa shape index (κ3) is 9.80. The molecule has 3 rings (SSSR count). The van der Waals surface area contributed by atoms with Gasteiger partial charge in [-0.2, -0.15) is 5.26 Å². The van der Waals surface area contributed by atoms with E-state index in [0.717, 1.165) is 16.4 Å². The van der Waals surface area contributed by atoms with Crippen LogP contribution < -0.4 is 29.6 Å². The number of carbonyl (C=O) groups is 1. The van der Waals surface area contributed by atoms with E-state index in [1.54, 1.807) is 30.9 Å². The molecule has 156 valence electrons. The van der Waals surface area contributed by atoms with Gasteiger partial charge in [0.15, 0.2) is 10.3 Å². The Morgan fingerprint density at radius 1 is 1.10 bits per heavy atom. The van der Waals surface area contributed by atoms with Crippen molar-refractivity contribution in [2.45, 2.75) is 31.1 Å². The second-order valence-electron chi connectivity index (χ2n) is 4.55. The Labute approximate surface area is 207 Å². The molecule has 9 nitrogen and oxygen atoms in total. The van der Waals surface area contributed by atoms with E-state index in [2.05, 4.69) is 25.1 Å². The van der Waals surface area contributed by atoms with Crippen LogP contribution in [0.3, 0.4) is 0 Å². The van der Waals surface area contributed by atoms with E-state index < -0.39 is 5.92 Å². The van der Waals surface area contributed by atoms with Crippen LogP contribution in [0, 0.1) is 11.3 Å². The van der Waals surface area contributed by atoms with Crippen molar-refractivity contribution in [1.82, 2.24) is 25.1 Å². The molecule has 0 aliphatic heterocycles. The number of thioether (sulfide) groups is 2. The summed E-state index contributed by atoms with van der Waals surface area (Å²) in [5, 5.41) is 13.5. The van der Waals surface area contributed by atoms with Crippen molar-refractivity contribution < 1.29 is 44.4 Å². The Morgan fingerprint density at radius 2 is 1.70 bits per heavy atom. The van der Waals surface area contributed by atoms with Crippen LogP contribution in [-0.4, -0.2) is 49.4 Å². The summed E-state index contributed by atoms with van der Waals surface area (Å²) in [6.45, 7) is 0. The minimum Gasteiger partial charge on any atom is -0.870 e. The van der Waals surface area contributed by atoms with Crippen LogP contribution >= 0.6 is 23.5 Å². The molecule has 1 atom stereocenters. The van der Waals surface area contributed by atoms with Gasteiger partial charge in [0, 0.05) is 12.4 Å². The van der Waals surface area contributed by atoms with Gasteiger partial charge < -0.3 is 14.8 Å². The first-order chi connectivity index (χ1) is 12.7. The average molecular weight is 459 g/mol. The first-order valence-corrected chi connectivity index (χ1v) is 9.65. The van der Waals surface area contributed by atoms with Gasteiger partial charge in [-0.1, -0.05) is 43.5 Å². The number of aromatic nitrogens is 5. The fraction of sp³-hybridized carbons (Fsp3) is 0.278. The molecule has 0 radical (unpaired) electrons. The number of aldehydes is 1. The van der Waals surface area contributed by atoms with E-state index in [9.17, 15) is 4.79 Å². The van der Waals surface area contributed by atoms with Gasteiger partial charge in [0.2, 0.25) is 0 Å². The minimum absolute atomic E-state index is 0. The fourth-order valence-electron chi connectivity index (χ4n) is 1.72. The summed E-state index contributed by atoms with van der Waals surface area (Å²) in [6, 6.07) is 5.25. The molecule has 1 unspecified atom stereocenters. The molecule has 0 spiro atoms. The molecular formula is C18H23N6NaO3S2. The fourth-order valence-corrected chi connectivity index (χ4v) is 2.44. The Hall–Kier alpha value is -1.81. The van der Waals surface area contributed by atoms with Crippen LogP contribution in [0.5, 0.6) is 0 Å². The molecule has 3 aromatic rings. The van der Waals surface area contributed by atoms with Crippen molar-refractivity contribution >= 4 is 29.8 Å². The van der Waals surface area contributed by atoms with Crippen LogP contribution in [0.2, 0.25) is 0 Å². The minimum atomic E-state index is -0.783. The molecule has 0 aromatic carbocycles. The van der Waals surface area contributed by atoms with E-state index >= 15 is 0 Å². The van der Waals surface area contributed by atoms with Crippen molar-refractivity contribution in [1.29, 1.82) is 5.26 Å². The molecule has 0 aliphatic carbocycles. The van der Waals surface area contributed by atoms with Gasteiger partial charge in [-0.25, -0.2) is 19.9 Å². The van der Waals surface area contributed by atoms with Crippen LogP contribution in [0.15, 0.2) is 51.8 Å². The third-order valence-electron chi connectivity index (χ3n) is 2.98. The molecule has 0 aliphatic rings. The van der Waals surface area contributed by atoms with Crippen molar-refractivity contribution in [3.63, 3.8) is 0 Å². The Balaban J connectivity index is -0.000000429. The van der Waals surface area contributed by atoms with Crippen molar-refractivity contribution in [2.75, 3.05) is 12.5 Å². The quantitative estimate of drug-likeness (QED) is 0.233. The normalized spacial score (nSPS) is 9.50. The predicted molar refractivity (Wildman–Crippen MR) is 113 cm³/mol. The van der Waals surface area contributed by atoms with Gasteiger partial charge in [0.25, 0.3) is 0 Å². The van der Waals surface area contributed by atoms with E-state index in [0.29, 0.717) is 17.1 Å². The Bertz CT molecular complexity index is 894.